The number of nitrogens with two attached hydrogens (primary N) is 1. The number of hydrogen-bond donors (Lipinski definition) is 1. The van der Waals surface area contributed by atoms with Crippen LogP contribution < -0.4 is 10.5 Å². The quantitative estimate of drug-likeness (QED) is 0.759. The summed E-state index contributed by atoms with van der Waals surface area (Å²) in [6.07, 6.45) is -2.67. The molecule has 2 nitrogen and oxygen atoms in total. The van der Waals surface area contributed by atoms with E-state index in [-0.39, 0.29) is 23.5 Å². The number of ether oxygens (including phenoxy) is 1. The van der Waals surface area contributed by atoms with Crippen LogP contribution in [-0.2, 0) is 0 Å². The summed E-state index contributed by atoms with van der Waals surface area (Å²) >= 11 is 0. The van der Waals surface area contributed by atoms with E-state index >= 15 is 0 Å². The molecular formula is C9H8F3NO. The van der Waals surface area contributed by atoms with Crippen molar-refractivity contribution in [2.75, 3.05) is 6.61 Å². The van der Waals surface area contributed by atoms with Gasteiger partial charge in [0.2, 0.25) is 0 Å². The second-order valence-electron chi connectivity index (χ2n) is 3.10. The van der Waals surface area contributed by atoms with Crippen molar-refractivity contribution in [2.45, 2.75) is 12.5 Å². The monoisotopic (exact) mass is 203 g/mol. The first-order valence-corrected chi connectivity index (χ1v) is 4.10. The SMILES string of the molecule is N[C@@H]1COc2c(C(F)F)ccc(F)c21. The Labute approximate surface area is 78.5 Å². The highest BCUT2D eigenvalue weighted by Crippen LogP contribution is 2.40. The molecule has 0 amide bonds. The summed E-state index contributed by atoms with van der Waals surface area (Å²) in [5, 5.41) is 0. The minimum absolute atomic E-state index is 0.0516. The third kappa shape index (κ3) is 1.24. The van der Waals surface area contributed by atoms with Crippen LogP contribution in [0.1, 0.15) is 23.6 Å². The van der Waals surface area contributed by atoms with Gasteiger partial charge in [0.25, 0.3) is 6.43 Å². The normalized spacial score (nSPS) is 19.6. The predicted octanol–water partition coefficient (Wildman–Crippen LogP) is 2.16. The first-order valence-electron chi connectivity index (χ1n) is 4.10. The number of alkyl halides is 2. The van der Waals surface area contributed by atoms with Gasteiger partial charge >= 0.3 is 0 Å². The molecule has 1 heterocycles. The molecule has 1 aromatic rings. The van der Waals surface area contributed by atoms with Crippen molar-refractivity contribution in [1.29, 1.82) is 0 Å². The molecule has 5 heteroatoms. The number of rotatable bonds is 1. The fraction of sp³-hybridized carbons (Fsp3) is 0.333. The molecule has 0 radical (unpaired) electrons. The van der Waals surface area contributed by atoms with Crippen LogP contribution in [0, 0.1) is 5.82 Å². The van der Waals surface area contributed by atoms with Gasteiger partial charge in [0.05, 0.1) is 17.2 Å². The molecule has 1 aliphatic heterocycles. The summed E-state index contributed by atoms with van der Waals surface area (Å²) in [5.41, 5.74) is 5.27. The minimum Gasteiger partial charge on any atom is -0.491 e. The van der Waals surface area contributed by atoms with Crippen LogP contribution in [-0.4, -0.2) is 6.61 Å². The first kappa shape index (κ1) is 9.33. The van der Waals surface area contributed by atoms with Crippen LogP contribution in [0.2, 0.25) is 0 Å². The van der Waals surface area contributed by atoms with E-state index in [0.29, 0.717) is 0 Å². The van der Waals surface area contributed by atoms with Gasteiger partial charge in [-0.1, -0.05) is 0 Å². The van der Waals surface area contributed by atoms with E-state index in [4.69, 9.17) is 10.5 Å². The topological polar surface area (TPSA) is 35.2 Å². The lowest BCUT2D eigenvalue weighted by Crippen LogP contribution is -2.12. The summed E-state index contributed by atoms with van der Waals surface area (Å²) < 4.78 is 43.0. The summed E-state index contributed by atoms with van der Waals surface area (Å²) in [4.78, 5) is 0. The van der Waals surface area contributed by atoms with Crippen molar-refractivity contribution >= 4 is 0 Å². The molecule has 0 aromatic heterocycles. The van der Waals surface area contributed by atoms with E-state index in [0.717, 1.165) is 12.1 Å². The maximum absolute atomic E-state index is 13.2. The van der Waals surface area contributed by atoms with Crippen LogP contribution in [0.3, 0.4) is 0 Å². The van der Waals surface area contributed by atoms with E-state index in [1.165, 1.54) is 0 Å². The predicted molar refractivity (Wildman–Crippen MR) is 43.8 cm³/mol. The largest absolute Gasteiger partial charge is 0.491 e. The van der Waals surface area contributed by atoms with E-state index in [2.05, 4.69) is 0 Å². The standard InChI is InChI=1S/C9H8F3NO/c10-5-2-1-4(9(11)12)8-7(5)6(13)3-14-8/h1-2,6,9H,3,13H2/t6-/m1/s1. The Bertz CT molecular complexity index is 367. The molecule has 0 bridgehead atoms. The molecular weight excluding hydrogens is 195 g/mol. The van der Waals surface area contributed by atoms with Gasteiger partial charge in [-0.05, 0) is 12.1 Å². The smallest absolute Gasteiger partial charge is 0.267 e. The van der Waals surface area contributed by atoms with Crippen LogP contribution in [0.5, 0.6) is 5.75 Å². The van der Waals surface area contributed by atoms with E-state index in [1.807, 2.05) is 0 Å². The third-order valence-corrected chi connectivity index (χ3v) is 2.19. The molecule has 0 aliphatic carbocycles. The Balaban J connectivity index is 2.59. The molecule has 1 atom stereocenters. The highest BCUT2D eigenvalue weighted by Gasteiger charge is 2.29. The van der Waals surface area contributed by atoms with Gasteiger partial charge in [0.15, 0.2) is 0 Å². The van der Waals surface area contributed by atoms with Crippen molar-refractivity contribution in [1.82, 2.24) is 0 Å². The number of halogens is 3. The molecule has 1 aliphatic rings. The molecule has 0 spiro atoms. The molecule has 1 aromatic carbocycles. The third-order valence-electron chi connectivity index (χ3n) is 2.19. The van der Waals surface area contributed by atoms with Gasteiger partial charge in [-0.15, -0.1) is 0 Å². The van der Waals surface area contributed by atoms with Gasteiger partial charge < -0.3 is 10.5 Å². The minimum atomic E-state index is -2.67. The molecule has 2 rings (SSSR count). The number of fused-ring (bicyclic) bond motifs is 1. The van der Waals surface area contributed by atoms with Crippen molar-refractivity contribution in [3.8, 4) is 5.75 Å². The second kappa shape index (κ2) is 3.16. The van der Waals surface area contributed by atoms with Gasteiger partial charge in [-0.25, -0.2) is 13.2 Å². The molecule has 0 fully saturated rings. The summed E-state index contributed by atoms with van der Waals surface area (Å²) in [7, 11) is 0. The first-order chi connectivity index (χ1) is 6.61. The highest BCUT2D eigenvalue weighted by atomic mass is 19.3. The lowest BCUT2D eigenvalue weighted by Gasteiger charge is -2.07. The van der Waals surface area contributed by atoms with E-state index in [9.17, 15) is 13.2 Å². The molecule has 14 heavy (non-hydrogen) atoms. The van der Waals surface area contributed by atoms with Crippen molar-refractivity contribution < 1.29 is 17.9 Å². The van der Waals surface area contributed by atoms with Gasteiger partial charge in [-0.2, -0.15) is 0 Å². The Morgan fingerprint density at radius 2 is 2.14 bits per heavy atom. The summed E-state index contributed by atoms with van der Waals surface area (Å²) in [5.74, 6) is -0.679. The number of benzene rings is 1. The lowest BCUT2D eigenvalue weighted by molar-refractivity contribution is 0.146. The zero-order valence-corrected chi connectivity index (χ0v) is 7.14. The molecule has 0 unspecified atom stereocenters. The van der Waals surface area contributed by atoms with Crippen LogP contribution >= 0.6 is 0 Å². The highest BCUT2D eigenvalue weighted by molar-refractivity contribution is 5.47. The fourth-order valence-electron chi connectivity index (χ4n) is 1.53. The summed E-state index contributed by atoms with van der Waals surface area (Å²) in [6, 6.07) is 1.37. The zero-order chi connectivity index (χ0) is 10.3. The summed E-state index contributed by atoms with van der Waals surface area (Å²) in [6.45, 7) is 0.0516. The molecule has 76 valence electrons. The fourth-order valence-corrected chi connectivity index (χ4v) is 1.53. The average molecular weight is 203 g/mol. The van der Waals surface area contributed by atoms with E-state index in [1.54, 1.807) is 0 Å². The second-order valence-corrected chi connectivity index (χ2v) is 3.10. The Kier molecular flexibility index (Phi) is 2.11. The van der Waals surface area contributed by atoms with Crippen LogP contribution in [0.15, 0.2) is 12.1 Å². The number of hydrogen-bond acceptors (Lipinski definition) is 2. The van der Waals surface area contributed by atoms with Crippen LogP contribution in [0.25, 0.3) is 0 Å². The maximum atomic E-state index is 13.2. The van der Waals surface area contributed by atoms with Crippen LogP contribution in [0.4, 0.5) is 13.2 Å². The molecule has 0 saturated heterocycles. The Morgan fingerprint density at radius 1 is 1.43 bits per heavy atom. The lowest BCUT2D eigenvalue weighted by atomic mass is 10.0. The van der Waals surface area contributed by atoms with Gasteiger partial charge in [-0.3, -0.25) is 0 Å². The van der Waals surface area contributed by atoms with Gasteiger partial charge in [0, 0.05) is 0 Å². The maximum Gasteiger partial charge on any atom is 0.267 e. The van der Waals surface area contributed by atoms with Gasteiger partial charge in [0.1, 0.15) is 18.2 Å². The Morgan fingerprint density at radius 3 is 2.79 bits per heavy atom. The van der Waals surface area contributed by atoms with Crippen molar-refractivity contribution in [3.63, 3.8) is 0 Å². The zero-order valence-electron chi connectivity index (χ0n) is 7.14. The average Bonchev–Trinajstić information content (AvgIpc) is 2.49. The molecule has 0 saturated carbocycles. The van der Waals surface area contributed by atoms with E-state index < -0.39 is 18.3 Å². The van der Waals surface area contributed by atoms with Crippen molar-refractivity contribution in [3.05, 3.63) is 29.1 Å². The Hall–Kier alpha value is -1.23. The molecule has 2 N–H and O–H groups in total. The van der Waals surface area contributed by atoms with Crippen molar-refractivity contribution in [2.24, 2.45) is 5.73 Å².